The van der Waals surface area contributed by atoms with E-state index in [4.69, 9.17) is 15.8 Å². The number of fused-ring (bicyclic) bond motifs is 1. The molecule has 2 aromatic carbocycles. The van der Waals surface area contributed by atoms with E-state index in [-0.39, 0.29) is 24.3 Å². The molecular weight excluding hydrogens is 274 g/mol. The van der Waals surface area contributed by atoms with Crippen LogP contribution in [0.15, 0.2) is 48.5 Å². The summed E-state index contributed by atoms with van der Waals surface area (Å²) in [5, 5.41) is 17.3. The van der Waals surface area contributed by atoms with Crippen LogP contribution in [0.2, 0.25) is 0 Å². The topological polar surface area (TPSA) is 79.3 Å². The first kappa shape index (κ1) is 14.6. The second kappa shape index (κ2) is 5.67. The highest BCUT2D eigenvalue weighted by Gasteiger charge is 2.35. The lowest BCUT2D eigenvalue weighted by Gasteiger charge is -2.13. The average molecular weight is 289 g/mol. The lowest BCUT2D eigenvalue weighted by Crippen LogP contribution is -2.27. The molecule has 0 radical (unpaired) electrons. The Morgan fingerprint density at radius 3 is 2.45 bits per heavy atom. The molecule has 0 spiro atoms. The Morgan fingerprint density at radius 2 is 1.80 bits per heavy atom. The number of halogens is 1. The number of nitrogens with two attached hydrogens (primary N) is 1. The maximum Gasteiger partial charge on any atom is 0.492 e. The van der Waals surface area contributed by atoms with Crippen LogP contribution in [0.4, 0.5) is 0 Å². The van der Waals surface area contributed by atoms with Crippen molar-refractivity contribution in [2.45, 2.75) is 6.10 Å². The van der Waals surface area contributed by atoms with Crippen molar-refractivity contribution in [1.29, 1.82) is 5.41 Å². The molecule has 1 aliphatic rings. The Labute approximate surface area is 123 Å². The molecule has 3 rings (SSSR count). The van der Waals surface area contributed by atoms with Crippen molar-refractivity contribution in [3.63, 3.8) is 0 Å². The zero-order valence-electron chi connectivity index (χ0n) is 10.6. The Kier molecular flexibility index (Phi) is 4.13. The number of rotatable bonds is 2. The highest BCUT2D eigenvalue weighted by Crippen LogP contribution is 2.30. The normalized spacial score (nSPS) is 16.4. The van der Waals surface area contributed by atoms with Crippen molar-refractivity contribution in [2.24, 2.45) is 5.73 Å². The van der Waals surface area contributed by atoms with Gasteiger partial charge in [0.1, 0.15) is 5.84 Å². The molecule has 4 N–H and O–H groups in total. The first-order chi connectivity index (χ1) is 9.16. The van der Waals surface area contributed by atoms with Crippen LogP contribution < -0.4 is 11.2 Å². The molecule has 0 saturated carbocycles. The number of hydrogen-bond acceptors (Lipinski definition) is 3. The molecule has 0 amide bonds. The maximum atomic E-state index is 9.88. The third-order valence-electron chi connectivity index (χ3n) is 3.33. The monoisotopic (exact) mass is 288 g/mol. The molecule has 102 valence electrons. The van der Waals surface area contributed by atoms with E-state index in [9.17, 15) is 5.02 Å². The lowest BCUT2D eigenvalue weighted by atomic mass is 9.79. The smallest absolute Gasteiger partial charge is 0.423 e. The molecule has 4 nitrogen and oxygen atoms in total. The van der Waals surface area contributed by atoms with Gasteiger partial charge in [-0.1, -0.05) is 48.5 Å². The van der Waals surface area contributed by atoms with Crippen LogP contribution >= 0.6 is 12.4 Å². The minimum atomic E-state index is -0.881. The molecule has 0 saturated heterocycles. The van der Waals surface area contributed by atoms with Gasteiger partial charge in [-0.2, -0.15) is 0 Å². The van der Waals surface area contributed by atoms with Crippen LogP contribution in [0.1, 0.15) is 22.8 Å². The SMILES string of the molecule is Cl.N=C(N)c1ccc(C2OB(O)c3ccccc32)cc1. The van der Waals surface area contributed by atoms with Crippen LogP contribution in [0, 0.1) is 5.41 Å². The largest absolute Gasteiger partial charge is 0.492 e. The van der Waals surface area contributed by atoms with Crippen LogP contribution in [-0.4, -0.2) is 18.0 Å². The standard InChI is InChI=1S/C14H13BN2O2.ClH/c16-14(17)10-7-5-9(6-8-10)13-11-3-1-2-4-12(11)15(18)19-13;/h1-8,13,18H,(H3,16,17);1H. The molecule has 6 heteroatoms. The predicted molar refractivity (Wildman–Crippen MR) is 81.7 cm³/mol. The summed E-state index contributed by atoms with van der Waals surface area (Å²) in [5.41, 5.74) is 8.83. The Balaban J connectivity index is 0.00000147. The van der Waals surface area contributed by atoms with Crippen molar-refractivity contribution in [3.05, 3.63) is 65.2 Å². The van der Waals surface area contributed by atoms with Crippen molar-refractivity contribution in [3.8, 4) is 0 Å². The van der Waals surface area contributed by atoms with Gasteiger partial charge in [0.15, 0.2) is 0 Å². The Bertz CT molecular complexity index is 633. The van der Waals surface area contributed by atoms with Gasteiger partial charge < -0.3 is 15.4 Å². The zero-order valence-corrected chi connectivity index (χ0v) is 11.4. The van der Waals surface area contributed by atoms with Crippen LogP contribution in [-0.2, 0) is 4.65 Å². The van der Waals surface area contributed by atoms with Crippen molar-refractivity contribution in [2.75, 3.05) is 0 Å². The third kappa shape index (κ3) is 2.43. The second-order valence-corrected chi connectivity index (χ2v) is 4.53. The first-order valence-electron chi connectivity index (χ1n) is 6.03. The molecular formula is C14H14BClN2O2. The van der Waals surface area contributed by atoms with Gasteiger partial charge in [0, 0.05) is 5.56 Å². The van der Waals surface area contributed by atoms with Crippen molar-refractivity contribution >= 4 is 30.8 Å². The van der Waals surface area contributed by atoms with E-state index < -0.39 is 7.12 Å². The van der Waals surface area contributed by atoms with Gasteiger partial charge in [-0.3, -0.25) is 5.41 Å². The number of nitrogens with one attached hydrogen (secondary N) is 1. The summed E-state index contributed by atoms with van der Waals surface area (Å²) >= 11 is 0. The molecule has 1 atom stereocenters. The summed E-state index contributed by atoms with van der Waals surface area (Å²) in [7, 11) is -0.881. The highest BCUT2D eigenvalue weighted by atomic mass is 35.5. The lowest BCUT2D eigenvalue weighted by molar-refractivity contribution is 0.226. The molecule has 0 aliphatic carbocycles. The van der Waals surface area contributed by atoms with Crippen molar-refractivity contribution in [1.82, 2.24) is 0 Å². The number of benzene rings is 2. The molecule has 0 bridgehead atoms. The summed E-state index contributed by atoms with van der Waals surface area (Å²) in [6.45, 7) is 0. The van der Waals surface area contributed by atoms with Crippen LogP contribution in [0.25, 0.3) is 0 Å². The van der Waals surface area contributed by atoms with Crippen LogP contribution in [0.3, 0.4) is 0 Å². The van der Waals surface area contributed by atoms with Crippen LogP contribution in [0.5, 0.6) is 0 Å². The fraction of sp³-hybridized carbons (Fsp3) is 0.0714. The van der Waals surface area contributed by atoms with E-state index in [2.05, 4.69) is 0 Å². The van der Waals surface area contributed by atoms with E-state index in [1.54, 1.807) is 12.1 Å². The van der Waals surface area contributed by atoms with Gasteiger partial charge >= 0.3 is 7.12 Å². The fourth-order valence-corrected chi connectivity index (χ4v) is 2.35. The fourth-order valence-electron chi connectivity index (χ4n) is 2.35. The second-order valence-electron chi connectivity index (χ2n) is 4.53. The van der Waals surface area contributed by atoms with E-state index >= 15 is 0 Å². The number of hydrogen-bond donors (Lipinski definition) is 3. The quantitative estimate of drug-likeness (QED) is 0.441. The Hall–Kier alpha value is -1.82. The van der Waals surface area contributed by atoms with E-state index in [0.717, 1.165) is 16.6 Å². The summed E-state index contributed by atoms with van der Waals surface area (Å²) in [5.74, 6) is 0.0410. The third-order valence-corrected chi connectivity index (χ3v) is 3.33. The first-order valence-corrected chi connectivity index (χ1v) is 6.03. The van der Waals surface area contributed by atoms with Gasteiger partial charge in [-0.05, 0) is 16.6 Å². The number of amidine groups is 1. The van der Waals surface area contributed by atoms with Gasteiger partial charge in [0.2, 0.25) is 0 Å². The van der Waals surface area contributed by atoms with Gasteiger partial charge in [0.25, 0.3) is 0 Å². The molecule has 1 aliphatic heterocycles. The molecule has 0 aromatic heterocycles. The number of nitrogen functional groups attached to an aromatic ring is 1. The molecule has 0 fully saturated rings. The minimum absolute atomic E-state index is 0. The summed E-state index contributed by atoms with van der Waals surface area (Å²) < 4.78 is 5.59. The molecule has 2 aromatic rings. The average Bonchev–Trinajstić information content (AvgIpc) is 2.77. The maximum absolute atomic E-state index is 9.88. The summed E-state index contributed by atoms with van der Waals surface area (Å²) in [4.78, 5) is 0. The summed E-state index contributed by atoms with van der Waals surface area (Å²) in [6.07, 6.45) is -0.271. The molecule has 1 unspecified atom stereocenters. The summed E-state index contributed by atoms with van der Waals surface area (Å²) in [6, 6.07) is 14.9. The van der Waals surface area contributed by atoms with Gasteiger partial charge in [-0.15, -0.1) is 12.4 Å². The molecule has 20 heavy (non-hydrogen) atoms. The van der Waals surface area contributed by atoms with E-state index in [1.165, 1.54) is 0 Å². The van der Waals surface area contributed by atoms with Gasteiger partial charge in [0.05, 0.1) is 6.10 Å². The van der Waals surface area contributed by atoms with E-state index in [0.29, 0.717) is 5.56 Å². The Morgan fingerprint density at radius 1 is 1.15 bits per heavy atom. The molecule has 1 heterocycles. The highest BCUT2D eigenvalue weighted by molar-refractivity contribution is 6.61. The predicted octanol–water partition coefficient (Wildman–Crippen LogP) is 1.20. The minimum Gasteiger partial charge on any atom is -0.423 e. The van der Waals surface area contributed by atoms with Crippen molar-refractivity contribution < 1.29 is 9.68 Å². The van der Waals surface area contributed by atoms with E-state index in [1.807, 2.05) is 36.4 Å². The van der Waals surface area contributed by atoms with Gasteiger partial charge in [-0.25, -0.2) is 0 Å². The zero-order chi connectivity index (χ0) is 13.4.